The molecule has 31 heavy (non-hydrogen) atoms. The second-order valence-corrected chi connectivity index (χ2v) is 8.17. The Bertz CT molecular complexity index is 1220. The monoisotopic (exact) mass is 422 g/mol. The molecule has 1 aliphatic rings. The normalized spacial score (nSPS) is 18.6. The number of hydrogen-bond donors (Lipinski definition) is 1. The van der Waals surface area contributed by atoms with E-state index in [9.17, 15) is 14.7 Å². The Morgan fingerprint density at radius 3 is 2.58 bits per heavy atom. The van der Waals surface area contributed by atoms with Crippen molar-refractivity contribution in [2.75, 3.05) is 27.2 Å². The predicted molar refractivity (Wildman–Crippen MR) is 116 cm³/mol. The molecule has 1 atom stereocenters. The number of aliphatic hydroxyl groups is 1. The van der Waals surface area contributed by atoms with Gasteiger partial charge in [0.05, 0.1) is 11.3 Å². The summed E-state index contributed by atoms with van der Waals surface area (Å²) in [6, 6.07) is 6.50. The van der Waals surface area contributed by atoms with Crippen LogP contribution in [0.1, 0.15) is 34.5 Å². The number of aliphatic hydroxyl groups excluding tert-OH is 1. The lowest BCUT2D eigenvalue weighted by atomic mass is 10.0. The maximum absolute atomic E-state index is 13.1. The average Bonchev–Trinajstić information content (AvgIpc) is 3.35. The number of likely N-dealkylation sites (N-methyl/N-ethyl adjacent to an activating group) is 1. The first-order chi connectivity index (χ1) is 14.7. The zero-order valence-electron chi connectivity index (χ0n) is 18.3. The second-order valence-electron chi connectivity index (χ2n) is 8.17. The van der Waals surface area contributed by atoms with Gasteiger partial charge in [0.1, 0.15) is 28.9 Å². The number of carbonyl (C=O) groups excluding carboxylic acids is 2. The number of carbonyl (C=O) groups is 2. The Labute approximate surface area is 180 Å². The molecule has 4 rings (SSSR count). The first kappa shape index (κ1) is 20.9. The molecule has 162 valence electrons. The number of Topliss-reactive ketones (excluding diaryl/α,β-unsaturated/α-hetero) is 1. The van der Waals surface area contributed by atoms with E-state index in [2.05, 4.69) is 4.98 Å². The third-order valence-corrected chi connectivity index (χ3v) is 5.60. The van der Waals surface area contributed by atoms with Crippen LogP contribution in [0.3, 0.4) is 0 Å². The number of pyridine rings is 1. The van der Waals surface area contributed by atoms with Crippen LogP contribution in [0.15, 0.2) is 40.5 Å². The van der Waals surface area contributed by atoms with Gasteiger partial charge in [-0.05, 0) is 58.6 Å². The lowest BCUT2D eigenvalue weighted by molar-refractivity contribution is -0.140. The summed E-state index contributed by atoms with van der Waals surface area (Å²) in [4.78, 5) is 34.0. The summed E-state index contributed by atoms with van der Waals surface area (Å²) in [6.07, 6.45) is 1.78. The van der Waals surface area contributed by atoms with Gasteiger partial charge in [-0.15, -0.1) is 0 Å². The van der Waals surface area contributed by atoms with Gasteiger partial charge in [-0.1, -0.05) is 6.07 Å². The molecule has 1 amide bonds. The Balaban J connectivity index is 1.93. The SMILES string of the molecule is Cc1ccc([C@@H]2C(=C(O)c3c(C)nc4c(C)cccn34)C(=O)C(=O)N2CCN(C)C)o1. The van der Waals surface area contributed by atoms with Crippen molar-refractivity contribution in [1.29, 1.82) is 0 Å². The first-order valence-electron chi connectivity index (χ1n) is 10.1. The molecule has 8 nitrogen and oxygen atoms in total. The third kappa shape index (κ3) is 3.42. The fraction of sp³-hybridized carbons (Fsp3) is 0.348. The number of rotatable bonds is 5. The van der Waals surface area contributed by atoms with Crippen molar-refractivity contribution >= 4 is 23.1 Å². The van der Waals surface area contributed by atoms with Gasteiger partial charge in [0, 0.05) is 19.3 Å². The van der Waals surface area contributed by atoms with Crippen LogP contribution in [0.2, 0.25) is 0 Å². The predicted octanol–water partition coefficient (Wildman–Crippen LogP) is 2.84. The Morgan fingerprint density at radius 1 is 1.19 bits per heavy atom. The van der Waals surface area contributed by atoms with E-state index >= 15 is 0 Å². The molecule has 0 spiro atoms. The summed E-state index contributed by atoms with van der Waals surface area (Å²) < 4.78 is 7.56. The molecule has 0 saturated carbocycles. The zero-order valence-corrected chi connectivity index (χ0v) is 18.3. The van der Waals surface area contributed by atoms with Gasteiger partial charge in [0.25, 0.3) is 11.7 Å². The van der Waals surface area contributed by atoms with Crippen molar-refractivity contribution in [3.05, 3.63) is 64.5 Å². The van der Waals surface area contributed by atoms with E-state index < -0.39 is 17.7 Å². The van der Waals surface area contributed by atoms with E-state index in [1.807, 2.05) is 38.1 Å². The molecule has 0 bridgehead atoms. The van der Waals surface area contributed by atoms with Crippen LogP contribution in [0.25, 0.3) is 11.4 Å². The molecule has 1 saturated heterocycles. The molecule has 0 unspecified atom stereocenters. The lowest BCUT2D eigenvalue weighted by Crippen LogP contribution is -2.35. The molecule has 0 aliphatic carbocycles. The quantitative estimate of drug-likeness (QED) is 0.386. The number of aromatic nitrogens is 2. The van der Waals surface area contributed by atoms with Crippen LogP contribution in [0.5, 0.6) is 0 Å². The fourth-order valence-electron chi connectivity index (χ4n) is 4.04. The van der Waals surface area contributed by atoms with Gasteiger partial charge >= 0.3 is 0 Å². The van der Waals surface area contributed by atoms with Gasteiger partial charge in [0.15, 0.2) is 5.76 Å². The van der Waals surface area contributed by atoms with E-state index in [0.717, 1.165) is 5.56 Å². The van der Waals surface area contributed by atoms with E-state index in [1.165, 1.54) is 4.90 Å². The van der Waals surface area contributed by atoms with Gasteiger partial charge < -0.3 is 19.3 Å². The van der Waals surface area contributed by atoms with Crippen molar-refractivity contribution in [2.45, 2.75) is 26.8 Å². The van der Waals surface area contributed by atoms with Crippen LogP contribution >= 0.6 is 0 Å². The Hall–Kier alpha value is -3.39. The molecule has 1 fully saturated rings. The number of furan rings is 1. The summed E-state index contributed by atoms with van der Waals surface area (Å²) >= 11 is 0. The molecule has 3 aromatic heterocycles. The molecule has 0 radical (unpaired) electrons. The van der Waals surface area contributed by atoms with Gasteiger partial charge in [-0.2, -0.15) is 0 Å². The van der Waals surface area contributed by atoms with Gasteiger partial charge in [-0.25, -0.2) is 4.98 Å². The van der Waals surface area contributed by atoms with Crippen LogP contribution < -0.4 is 0 Å². The summed E-state index contributed by atoms with van der Waals surface area (Å²) in [5.74, 6) is -0.516. The first-order valence-corrected chi connectivity index (χ1v) is 10.1. The van der Waals surface area contributed by atoms with E-state index in [0.29, 0.717) is 41.6 Å². The van der Waals surface area contributed by atoms with Gasteiger partial charge in [0.2, 0.25) is 0 Å². The molecule has 1 aliphatic heterocycles. The molecule has 1 N–H and O–H groups in total. The number of imidazole rings is 1. The number of nitrogens with zero attached hydrogens (tertiary/aromatic N) is 4. The van der Waals surface area contributed by atoms with Crippen molar-refractivity contribution in [3.63, 3.8) is 0 Å². The van der Waals surface area contributed by atoms with Crippen LogP contribution in [0.4, 0.5) is 0 Å². The minimum Gasteiger partial charge on any atom is -0.505 e. The topological polar surface area (TPSA) is 91.3 Å². The zero-order chi connectivity index (χ0) is 22.4. The highest BCUT2D eigenvalue weighted by molar-refractivity contribution is 6.46. The van der Waals surface area contributed by atoms with Crippen molar-refractivity contribution in [2.24, 2.45) is 0 Å². The van der Waals surface area contributed by atoms with Crippen molar-refractivity contribution in [1.82, 2.24) is 19.2 Å². The number of amides is 1. The largest absolute Gasteiger partial charge is 0.505 e. The molecule has 3 aromatic rings. The number of fused-ring (bicyclic) bond motifs is 1. The summed E-state index contributed by atoms with van der Waals surface area (Å²) in [7, 11) is 3.79. The third-order valence-electron chi connectivity index (χ3n) is 5.60. The highest BCUT2D eigenvalue weighted by atomic mass is 16.3. The van der Waals surface area contributed by atoms with E-state index in [1.54, 1.807) is 36.6 Å². The second kappa shape index (κ2) is 7.70. The molecule has 8 heteroatoms. The average molecular weight is 422 g/mol. The minimum atomic E-state index is -0.802. The standard InChI is InChI=1S/C23H26N4O4/c1-13-7-6-10-26-18(15(3)24-22(13)26)20(28)17-19(16-9-8-14(2)31-16)27(12-11-25(4)5)23(30)21(17)29/h6-10,19,28H,11-12H2,1-5H3/t19-/m1/s1. The van der Waals surface area contributed by atoms with Crippen LogP contribution in [0, 0.1) is 20.8 Å². The summed E-state index contributed by atoms with van der Waals surface area (Å²) in [6.45, 7) is 6.39. The Morgan fingerprint density at radius 2 is 1.94 bits per heavy atom. The molecule has 0 aromatic carbocycles. The highest BCUT2D eigenvalue weighted by Gasteiger charge is 2.47. The van der Waals surface area contributed by atoms with Crippen molar-refractivity contribution < 1.29 is 19.1 Å². The fourth-order valence-corrected chi connectivity index (χ4v) is 4.04. The molecular formula is C23H26N4O4. The minimum absolute atomic E-state index is 0.0181. The summed E-state index contributed by atoms with van der Waals surface area (Å²) in [5, 5.41) is 11.4. The van der Waals surface area contributed by atoms with Crippen molar-refractivity contribution in [3.8, 4) is 0 Å². The highest BCUT2D eigenvalue weighted by Crippen LogP contribution is 2.40. The lowest BCUT2D eigenvalue weighted by Gasteiger charge is -2.24. The number of aryl methyl sites for hydroxylation is 3. The van der Waals surface area contributed by atoms with E-state index in [4.69, 9.17) is 4.42 Å². The van der Waals surface area contributed by atoms with Crippen LogP contribution in [-0.4, -0.2) is 63.2 Å². The molecular weight excluding hydrogens is 396 g/mol. The van der Waals surface area contributed by atoms with E-state index in [-0.39, 0.29) is 11.3 Å². The molecule has 4 heterocycles. The summed E-state index contributed by atoms with van der Waals surface area (Å²) in [5.41, 5.74) is 2.62. The number of ketones is 1. The van der Waals surface area contributed by atoms with Gasteiger partial charge in [-0.3, -0.25) is 14.0 Å². The number of likely N-dealkylation sites (tertiary alicyclic amines) is 1. The maximum Gasteiger partial charge on any atom is 0.295 e. The smallest absolute Gasteiger partial charge is 0.295 e. The van der Waals surface area contributed by atoms with Crippen LogP contribution in [-0.2, 0) is 9.59 Å². The Kier molecular flexibility index (Phi) is 5.18. The maximum atomic E-state index is 13.1. The number of hydrogen-bond acceptors (Lipinski definition) is 6.